The molecule has 4 nitrogen and oxygen atoms in total. The van der Waals surface area contributed by atoms with Gasteiger partial charge in [0.25, 0.3) is 0 Å². The van der Waals surface area contributed by atoms with E-state index in [1.807, 2.05) is 18.3 Å². The van der Waals surface area contributed by atoms with E-state index >= 15 is 0 Å². The van der Waals surface area contributed by atoms with Gasteiger partial charge in [0.05, 0.1) is 21.1 Å². The van der Waals surface area contributed by atoms with E-state index in [1.54, 1.807) is 23.5 Å². The summed E-state index contributed by atoms with van der Waals surface area (Å²) in [5, 5.41) is 5.76. The first-order chi connectivity index (χ1) is 14.8. The molecule has 0 spiro atoms. The molecule has 0 saturated heterocycles. The first kappa shape index (κ1) is 21.3. The highest BCUT2D eigenvalue weighted by Gasteiger charge is 2.31. The van der Waals surface area contributed by atoms with Gasteiger partial charge in [0.15, 0.2) is 0 Å². The second kappa shape index (κ2) is 8.66. The molecule has 162 valence electrons. The van der Waals surface area contributed by atoms with Gasteiger partial charge in [-0.3, -0.25) is 0 Å². The van der Waals surface area contributed by atoms with Crippen molar-refractivity contribution in [1.82, 2.24) is 4.98 Å². The van der Waals surface area contributed by atoms with E-state index in [2.05, 4.69) is 15.6 Å². The number of nitrogens with one attached hydrogen (secondary N) is 2. The molecule has 2 aromatic carbocycles. The van der Waals surface area contributed by atoms with E-state index < -0.39 is 29.3 Å². The predicted molar refractivity (Wildman–Crippen MR) is 113 cm³/mol. The Morgan fingerprint density at radius 2 is 1.74 bits per heavy atom. The van der Waals surface area contributed by atoms with Crippen LogP contribution >= 0.6 is 11.3 Å². The van der Waals surface area contributed by atoms with Gasteiger partial charge in [0.2, 0.25) is 0 Å². The number of alkyl halides is 3. The zero-order valence-electron chi connectivity index (χ0n) is 16.3. The molecule has 1 heterocycles. The summed E-state index contributed by atoms with van der Waals surface area (Å²) in [6, 6.07) is 8.00. The number of benzene rings is 2. The Kier molecular flexibility index (Phi) is 5.95. The van der Waals surface area contributed by atoms with Gasteiger partial charge in [-0.15, -0.1) is 11.3 Å². The van der Waals surface area contributed by atoms with Gasteiger partial charge in [0, 0.05) is 17.8 Å². The van der Waals surface area contributed by atoms with E-state index in [1.165, 1.54) is 25.7 Å². The van der Waals surface area contributed by atoms with Crippen molar-refractivity contribution in [3.63, 3.8) is 0 Å². The summed E-state index contributed by atoms with van der Waals surface area (Å²) in [5.41, 5.74) is -0.214. The number of hydrogen-bond acceptors (Lipinski definition) is 3. The molecule has 0 bridgehead atoms. The molecule has 1 aromatic heterocycles. The number of carbonyl (C=O) groups excluding carboxylic acids is 1. The molecule has 2 N–H and O–H groups in total. The summed E-state index contributed by atoms with van der Waals surface area (Å²) in [7, 11) is 0. The quantitative estimate of drug-likeness (QED) is 0.412. The third-order valence-corrected chi connectivity index (χ3v) is 6.41. The third-order valence-electron chi connectivity index (χ3n) is 5.20. The van der Waals surface area contributed by atoms with Gasteiger partial charge in [-0.25, -0.2) is 14.2 Å². The Morgan fingerprint density at radius 3 is 2.42 bits per heavy atom. The number of rotatable bonds is 4. The Labute approximate surface area is 180 Å². The van der Waals surface area contributed by atoms with Crippen LogP contribution in [0.4, 0.5) is 33.7 Å². The molecule has 1 aliphatic rings. The average molecular weight is 449 g/mol. The molecular weight excluding hydrogens is 430 g/mol. The summed E-state index contributed by atoms with van der Waals surface area (Å²) in [6.07, 6.45) is 2.06. The molecule has 0 atom stereocenters. The second-order valence-electron chi connectivity index (χ2n) is 7.39. The normalized spacial score (nSPS) is 14.6. The molecule has 9 heteroatoms. The van der Waals surface area contributed by atoms with Crippen LogP contribution in [0.2, 0.25) is 0 Å². The first-order valence-corrected chi connectivity index (χ1v) is 10.6. The molecule has 3 aromatic rings. The molecule has 0 aliphatic heterocycles. The molecule has 1 fully saturated rings. The highest BCUT2D eigenvalue weighted by Crippen LogP contribution is 2.38. The van der Waals surface area contributed by atoms with Gasteiger partial charge in [-0.1, -0.05) is 25.0 Å². The molecule has 1 aliphatic carbocycles. The zero-order chi connectivity index (χ0) is 22.0. The van der Waals surface area contributed by atoms with E-state index in [4.69, 9.17) is 0 Å². The van der Waals surface area contributed by atoms with Crippen molar-refractivity contribution in [3.05, 3.63) is 65.0 Å². The first-order valence-electron chi connectivity index (χ1n) is 9.80. The number of carbonyl (C=O) groups is 1. The van der Waals surface area contributed by atoms with Crippen LogP contribution in [0, 0.1) is 5.82 Å². The highest BCUT2D eigenvalue weighted by molar-refractivity contribution is 7.15. The van der Waals surface area contributed by atoms with Crippen molar-refractivity contribution >= 4 is 28.7 Å². The number of nitrogens with zero attached hydrogens (tertiary/aromatic N) is 1. The molecule has 4 rings (SSSR count). The van der Waals surface area contributed by atoms with E-state index in [0.717, 1.165) is 15.4 Å². The topological polar surface area (TPSA) is 54.0 Å². The summed E-state index contributed by atoms with van der Waals surface area (Å²) in [5.74, 6) is -0.415. The maximum Gasteiger partial charge on any atom is 0.416 e. The van der Waals surface area contributed by atoms with Crippen LogP contribution in [0.5, 0.6) is 0 Å². The molecule has 0 radical (unpaired) electrons. The fourth-order valence-corrected chi connectivity index (χ4v) is 4.67. The second-order valence-corrected chi connectivity index (χ2v) is 8.46. The number of amides is 2. The predicted octanol–water partition coefficient (Wildman–Crippen LogP) is 7.27. The largest absolute Gasteiger partial charge is 0.416 e. The standard InChI is InChI=1S/C22H19F4N3OS/c23-17-10-7-15(22(24,25)26)11-18(17)29-21(30)28-16-8-5-13(6-9-16)19-12-27-20(31-19)14-3-1-2-4-14/h5-12,14H,1-4H2,(H2,28,29,30). The summed E-state index contributed by atoms with van der Waals surface area (Å²) < 4.78 is 52.2. The van der Waals surface area contributed by atoms with Crippen LogP contribution in [0.3, 0.4) is 0 Å². The number of anilines is 2. The number of halogens is 4. The molecular formula is C22H19F4N3OS. The monoisotopic (exact) mass is 449 g/mol. The summed E-state index contributed by atoms with van der Waals surface area (Å²) in [4.78, 5) is 17.7. The maximum atomic E-state index is 13.8. The number of thiazole rings is 1. The Morgan fingerprint density at radius 1 is 1.03 bits per heavy atom. The number of hydrogen-bond donors (Lipinski definition) is 2. The van der Waals surface area contributed by atoms with Crippen LogP contribution in [0.25, 0.3) is 10.4 Å². The van der Waals surface area contributed by atoms with Crippen molar-refractivity contribution in [2.75, 3.05) is 10.6 Å². The minimum Gasteiger partial charge on any atom is -0.308 e. The van der Waals surface area contributed by atoms with Crippen molar-refractivity contribution in [2.24, 2.45) is 0 Å². The van der Waals surface area contributed by atoms with Crippen molar-refractivity contribution < 1.29 is 22.4 Å². The highest BCUT2D eigenvalue weighted by atomic mass is 32.1. The fraction of sp³-hybridized carbons (Fsp3) is 0.273. The van der Waals surface area contributed by atoms with Gasteiger partial charge < -0.3 is 10.6 Å². The molecule has 1 saturated carbocycles. The van der Waals surface area contributed by atoms with Crippen LogP contribution in [-0.2, 0) is 6.18 Å². The van der Waals surface area contributed by atoms with Crippen molar-refractivity contribution in [2.45, 2.75) is 37.8 Å². The SMILES string of the molecule is O=C(Nc1ccc(-c2cnc(C3CCCC3)s2)cc1)Nc1cc(C(F)(F)F)ccc1F. The Hall–Kier alpha value is -2.94. The van der Waals surface area contributed by atoms with Crippen LogP contribution in [0.15, 0.2) is 48.7 Å². The Bertz CT molecular complexity index is 1070. The van der Waals surface area contributed by atoms with E-state index in [9.17, 15) is 22.4 Å². The molecule has 0 unspecified atom stereocenters. The Balaban J connectivity index is 1.41. The van der Waals surface area contributed by atoms with Crippen LogP contribution < -0.4 is 10.6 Å². The van der Waals surface area contributed by atoms with Gasteiger partial charge in [-0.2, -0.15) is 13.2 Å². The lowest BCUT2D eigenvalue weighted by Crippen LogP contribution is -2.20. The molecule has 31 heavy (non-hydrogen) atoms. The molecule has 2 amide bonds. The minimum absolute atomic E-state index is 0.425. The van der Waals surface area contributed by atoms with Gasteiger partial charge in [0.1, 0.15) is 5.82 Å². The van der Waals surface area contributed by atoms with E-state index in [-0.39, 0.29) is 0 Å². The zero-order valence-corrected chi connectivity index (χ0v) is 17.1. The fourth-order valence-electron chi connectivity index (χ4n) is 3.58. The number of urea groups is 1. The smallest absolute Gasteiger partial charge is 0.308 e. The number of aromatic nitrogens is 1. The summed E-state index contributed by atoms with van der Waals surface area (Å²) >= 11 is 1.67. The lowest BCUT2D eigenvalue weighted by molar-refractivity contribution is -0.137. The van der Waals surface area contributed by atoms with E-state index in [0.29, 0.717) is 29.8 Å². The van der Waals surface area contributed by atoms with Gasteiger partial charge >= 0.3 is 12.2 Å². The lowest BCUT2D eigenvalue weighted by Gasteiger charge is -2.12. The van der Waals surface area contributed by atoms with Gasteiger partial charge in [-0.05, 0) is 48.7 Å². The van der Waals surface area contributed by atoms with Crippen molar-refractivity contribution in [3.8, 4) is 10.4 Å². The van der Waals surface area contributed by atoms with Crippen LogP contribution in [-0.4, -0.2) is 11.0 Å². The third kappa shape index (κ3) is 5.04. The average Bonchev–Trinajstić information content (AvgIpc) is 3.41. The minimum atomic E-state index is -4.63. The lowest BCUT2D eigenvalue weighted by atomic mass is 10.1. The van der Waals surface area contributed by atoms with Crippen molar-refractivity contribution in [1.29, 1.82) is 0 Å². The van der Waals surface area contributed by atoms with Crippen LogP contribution in [0.1, 0.15) is 42.2 Å². The summed E-state index contributed by atoms with van der Waals surface area (Å²) in [6.45, 7) is 0. The maximum absolute atomic E-state index is 13.8.